The highest BCUT2D eigenvalue weighted by Gasteiger charge is 2.34. The fraction of sp³-hybridized carbons (Fsp3) is 0.471. The van der Waals surface area contributed by atoms with Crippen molar-refractivity contribution in [2.75, 3.05) is 26.3 Å². The molecule has 1 amide bonds. The molecule has 1 atom stereocenters. The van der Waals surface area contributed by atoms with Crippen molar-refractivity contribution in [3.05, 3.63) is 41.1 Å². The average molecular weight is 342 g/mol. The molecular weight excluding hydrogens is 321 g/mol. The SMILES string of the molecule is CCOC[C@@H](C)CN1CC(N)=C(c2cccc(C(F)(F)F)c2)C1=O. The third kappa shape index (κ3) is 4.08. The van der Waals surface area contributed by atoms with Crippen LogP contribution in [0.3, 0.4) is 0 Å². The van der Waals surface area contributed by atoms with Gasteiger partial charge in [-0.15, -0.1) is 0 Å². The van der Waals surface area contributed by atoms with E-state index < -0.39 is 11.7 Å². The Morgan fingerprint density at radius 2 is 2.08 bits per heavy atom. The Morgan fingerprint density at radius 1 is 1.38 bits per heavy atom. The van der Waals surface area contributed by atoms with Gasteiger partial charge in [0.25, 0.3) is 5.91 Å². The fourth-order valence-electron chi connectivity index (χ4n) is 2.71. The summed E-state index contributed by atoms with van der Waals surface area (Å²) in [5, 5.41) is 0. The van der Waals surface area contributed by atoms with Gasteiger partial charge in [0.15, 0.2) is 0 Å². The summed E-state index contributed by atoms with van der Waals surface area (Å²) in [6.45, 7) is 5.61. The van der Waals surface area contributed by atoms with E-state index in [1.807, 2.05) is 13.8 Å². The van der Waals surface area contributed by atoms with Crippen molar-refractivity contribution in [3.8, 4) is 0 Å². The van der Waals surface area contributed by atoms with Crippen molar-refractivity contribution >= 4 is 11.5 Å². The van der Waals surface area contributed by atoms with Crippen LogP contribution in [0.5, 0.6) is 0 Å². The summed E-state index contributed by atoms with van der Waals surface area (Å²) in [7, 11) is 0. The predicted molar refractivity (Wildman–Crippen MR) is 84.8 cm³/mol. The van der Waals surface area contributed by atoms with E-state index in [2.05, 4.69) is 0 Å². The van der Waals surface area contributed by atoms with Crippen LogP contribution >= 0.6 is 0 Å². The number of amides is 1. The molecule has 24 heavy (non-hydrogen) atoms. The van der Waals surface area contributed by atoms with E-state index in [-0.39, 0.29) is 29.5 Å². The van der Waals surface area contributed by atoms with E-state index in [0.717, 1.165) is 12.1 Å². The maximum Gasteiger partial charge on any atom is 0.416 e. The number of hydrogen-bond donors (Lipinski definition) is 1. The second kappa shape index (κ2) is 7.25. The Hall–Kier alpha value is -2.02. The first-order chi connectivity index (χ1) is 11.2. The second-order valence-electron chi connectivity index (χ2n) is 5.93. The largest absolute Gasteiger partial charge is 0.416 e. The highest BCUT2D eigenvalue weighted by atomic mass is 19.4. The van der Waals surface area contributed by atoms with Gasteiger partial charge in [0.05, 0.1) is 24.3 Å². The van der Waals surface area contributed by atoms with Gasteiger partial charge in [0, 0.05) is 18.8 Å². The number of nitrogens with two attached hydrogens (primary N) is 1. The molecule has 0 spiro atoms. The van der Waals surface area contributed by atoms with E-state index in [9.17, 15) is 18.0 Å². The molecule has 0 radical (unpaired) electrons. The first kappa shape index (κ1) is 18.3. The Morgan fingerprint density at radius 3 is 2.71 bits per heavy atom. The summed E-state index contributed by atoms with van der Waals surface area (Å²) in [5.74, 6) is -0.224. The number of rotatable bonds is 6. The Balaban J connectivity index is 2.17. The summed E-state index contributed by atoms with van der Waals surface area (Å²) in [4.78, 5) is 14.1. The predicted octanol–water partition coefficient (Wildman–Crippen LogP) is 2.89. The molecule has 0 fully saturated rings. The van der Waals surface area contributed by atoms with Crippen LogP contribution in [0, 0.1) is 5.92 Å². The van der Waals surface area contributed by atoms with Gasteiger partial charge in [0.2, 0.25) is 0 Å². The van der Waals surface area contributed by atoms with E-state index >= 15 is 0 Å². The molecule has 0 aromatic heterocycles. The lowest BCUT2D eigenvalue weighted by atomic mass is 10.0. The lowest BCUT2D eigenvalue weighted by Gasteiger charge is -2.21. The zero-order valence-electron chi connectivity index (χ0n) is 13.7. The molecule has 2 N–H and O–H groups in total. The smallest absolute Gasteiger partial charge is 0.400 e. The number of hydrogen-bond acceptors (Lipinski definition) is 3. The van der Waals surface area contributed by atoms with Crippen LogP contribution in [0.4, 0.5) is 13.2 Å². The highest BCUT2D eigenvalue weighted by Crippen LogP contribution is 2.33. The Kier molecular flexibility index (Phi) is 5.54. The molecule has 1 aliphatic rings. The van der Waals surface area contributed by atoms with E-state index in [0.29, 0.717) is 25.5 Å². The molecule has 7 heteroatoms. The molecule has 132 valence electrons. The molecule has 0 saturated heterocycles. The van der Waals surface area contributed by atoms with Crippen molar-refractivity contribution in [1.82, 2.24) is 4.90 Å². The lowest BCUT2D eigenvalue weighted by molar-refractivity contribution is -0.137. The molecule has 1 aliphatic heterocycles. The van der Waals surface area contributed by atoms with Crippen LogP contribution < -0.4 is 5.73 Å². The van der Waals surface area contributed by atoms with E-state index in [4.69, 9.17) is 10.5 Å². The molecule has 0 saturated carbocycles. The van der Waals surface area contributed by atoms with Crippen LogP contribution in [-0.4, -0.2) is 37.1 Å². The van der Waals surface area contributed by atoms with Crippen LogP contribution in [0.1, 0.15) is 25.0 Å². The minimum absolute atomic E-state index is 0.113. The summed E-state index contributed by atoms with van der Waals surface area (Å²) in [6.07, 6.45) is -4.46. The number of carbonyl (C=O) groups is 1. The van der Waals surface area contributed by atoms with Crippen LogP contribution in [-0.2, 0) is 15.7 Å². The standard InChI is InChI=1S/C17H21F3N2O2/c1-3-24-10-11(2)8-22-9-14(21)15(16(22)23)12-5-4-6-13(7-12)17(18,19)20/h4-7,11H,3,8-10,21H2,1-2H3/t11-/m0/s1. The van der Waals surface area contributed by atoms with Gasteiger partial charge in [-0.1, -0.05) is 19.1 Å². The summed E-state index contributed by atoms with van der Waals surface area (Å²) >= 11 is 0. The van der Waals surface area contributed by atoms with Crippen LogP contribution in [0.2, 0.25) is 0 Å². The molecule has 2 rings (SSSR count). The van der Waals surface area contributed by atoms with Crippen molar-refractivity contribution in [2.45, 2.75) is 20.0 Å². The molecule has 0 bridgehead atoms. The number of carbonyl (C=O) groups excluding carboxylic acids is 1. The molecule has 1 heterocycles. The van der Waals surface area contributed by atoms with Gasteiger partial charge in [0.1, 0.15) is 0 Å². The number of ether oxygens (including phenoxy) is 1. The van der Waals surface area contributed by atoms with Gasteiger partial charge in [-0.2, -0.15) is 13.2 Å². The van der Waals surface area contributed by atoms with E-state index in [1.54, 1.807) is 4.90 Å². The molecule has 1 aromatic carbocycles. The fourth-order valence-corrected chi connectivity index (χ4v) is 2.71. The van der Waals surface area contributed by atoms with Crippen molar-refractivity contribution in [2.24, 2.45) is 11.7 Å². The van der Waals surface area contributed by atoms with Crippen molar-refractivity contribution < 1.29 is 22.7 Å². The van der Waals surface area contributed by atoms with Crippen molar-refractivity contribution in [3.63, 3.8) is 0 Å². The highest BCUT2D eigenvalue weighted by molar-refractivity contribution is 6.22. The summed E-state index contributed by atoms with van der Waals surface area (Å²) < 4.78 is 43.9. The van der Waals surface area contributed by atoms with Crippen LogP contribution in [0.25, 0.3) is 5.57 Å². The first-order valence-electron chi connectivity index (χ1n) is 7.77. The summed E-state index contributed by atoms with van der Waals surface area (Å²) in [5.41, 5.74) is 5.79. The van der Waals surface area contributed by atoms with Gasteiger partial charge in [-0.05, 0) is 30.5 Å². The minimum atomic E-state index is -4.46. The van der Waals surface area contributed by atoms with E-state index in [1.165, 1.54) is 12.1 Å². The average Bonchev–Trinajstić information content (AvgIpc) is 2.78. The van der Waals surface area contributed by atoms with Gasteiger partial charge in [-0.3, -0.25) is 4.79 Å². The second-order valence-corrected chi connectivity index (χ2v) is 5.93. The maximum atomic E-state index is 12.9. The Bertz CT molecular complexity index is 641. The number of nitrogens with zero attached hydrogens (tertiary/aromatic N) is 1. The van der Waals surface area contributed by atoms with Gasteiger partial charge >= 0.3 is 6.18 Å². The Labute approximate surface area is 139 Å². The van der Waals surface area contributed by atoms with Crippen LogP contribution in [0.15, 0.2) is 30.0 Å². The third-order valence-corrected chi connectivity index (χ3v) is 3.80. The van der Waals surface area contributed by atoms with Gasteiger partial charge < -0.3 is 15.4 Å². The topological polar surface area (TPSA) is 55.6 Å². The van der Waals surface area contributed by atoms with Gasteiger partial charge in [-0.25, -0.2) is 0 Å². The molecule has 1 aromatic rings. The summed E-state index contributed by atoms with van der Waals surface area (Å²) in [6, 6.07) is 4.70. The first-order valence-corrected chi connectivity index (χ1v) is 7.77. The number of benzene rings is 1. The number of alkyl halides is 3. The molecule has 4 nitrogen and oxygen atoms in total. The molecule has 0 aliphatic carbocycles. The monoisotopic (exact) mass is 342 g/mol. The lowest BCUT2D eigenvalue weighted by Crippen LogP contribution is -2.33. The van der Waals surface area contributed by atoms with Crippen molar-refractivity contribution in [1.29, 1.82) is 0 Å². The minimum Gasteiger partial charge on any atom is -0.400 e. The maximum absolute atomic E-state index is 12.9. The molecule has 0 unspecified atom stereocenters. The zero-order chi connectivity index (χ0) is 17.9. The zero-order valence-corrected chi connectivity index (χ0v) is 13.7. The number of halogens is 3. The normalized spacial score (nSPS) is 16.9. The third-order valence-electron chi connectivity index (χ3n) is 3.80. The quantitative estimate of drug-likeness (QED) is 0.865. The molecular formula is C17H21F3N2O2.